The minimum absolute atomic E-state index is 0.372. The van der Waals surface area contributed by atoms with Crippen molar-refractivity contribution in [1.82, 2.24) is 5.32 Å². The second-order valence-electron chi connectivity index (χ2n) is 3.47. The molecule has 0 spiro atoms. The maximum Gasteiger partial charge on any atom is 0.328 e. The van der Waals surface area contributed by atoms with Gasteiger partial charge < -0.3 is 5.11 Å². The normalized spacial score (nSPS) is 14.6. The molecular weight excluding hydrogens is 197 g/mol. The third-order valence-electron chi connectivity index (χ3n) is 2.38. The van der Waals surface area contributed by atoms with Crippen LogP contribution in [0.3, 0.4) is 0 Å². The second-order valence-corrected chi connectivity index (χ2v) is 3.47. The van der Waals surface area contributed by atoms with Crippen LogP contribution < -0.4 is 5.32 Å². The maximum atomic E-state index is 12.7. The number of hydrogen-bond acceptors (Lipinski definition) is 2. The Morgan fingerprint density at radius 3 is 2.40 bits per heavy atom. The number of likely N-dealkylation sites (N-methyl/N-ethyl adjacent to an activating group) is 1. The average Bonchev–Trinajstić information content (AvgIpc) is 2.18. The standard InChI is InChI=1S/C11H14FNO2/c1-3-13-11(2,10(14)15)8-4-6-9(12)7-5-8/h4-7,13H,3H2,1-2H3,(H,14,15). The second kappa shape index (κ2) is 4.40. The molecule has 0 radical (unpaired) electrons. The van der Waals surface area contributed by atoms with E-state index in [0.29, 0.717) is 12.1 Å². The Labute approximate surface area is 87.9 Å². The number of benzene rings is 1. The fraction of sp³-hybridized carbons (Fsp3) is 0.364. The van der Waals surface area contributed by atoms with Crippen LogP contribution in [0.5, 0.6) is 0 Å². The largest absolute Gasteiger partial charge is 0.480 e. The molecule has 0 amide bonds. The quantitative estimate of drug-likeness (QED) is 0.797. The van der Waals surface area contributed by atoms with E-state index < -0.39 is 11.5 Å². The Morgan fingerprint density at radius 2 is 2.00 bits per heavy atom. The highest BCUT2D eigenvalue weighted by molar-refractivity contribution is 5.80. The summed E-state index contributed by atoms with van der Waals surface area (Å²) < 4.78 is 12.7. The van der Waals surface area contributed by atoms with Crippen LogP contribution in [0.15, 0.2) is 24.3 Å². The zero-order valence-corrected chi connectivity index (χ0v) is 8.75. The highest BCUT2D eigenvalue weighted by atomic mass is 19.1. The van der Waals surface area contributed by atoms with Gasteiger partial charge in [0.25, 0.3) is 0 Å². The summed E-state index contributed by atoms with van der Waals surface area (Å²) in [5.74, 6) is -1.35. The van der Waals surface area contributed by atoms with Crippen molar-refractivity contribution in [2.45, 2.75) is 19.4 Å². The van der Waals surface area contributed by atoms with Gasteiger partial charge in [0.2, 0.25) is 0 Å². The summed E-state index contributed by atoms with van der Waals surface area (Å²) >= 11 is 0. The molecule has 3 nitrogen and oxygen atoms in total. The topological polar surface area (TPSA) is 49.3 Å². The van der Waals surface area contributed by atoms with E-state index in [1.807, 2.05) is 6.92 Å². The zero-order chi connectivity index (χ0) is 11.5. The first-order valence-electron chi connectivity index (χ1n) is 4.75. The lowest BCUT2D eigenvalue weighted by molar-refractivity contribution is -0.144. The third-order valence-corrected chi connectivity index (χ3v) is 2.38. The smallest absolute Gasteiger partial charge is 0.328 e. The maximum absolute atomic E-state index is 12.7. The van der Waals surface area contributed by atoms with Crippen LogP contribution >= 0.6 is 0 Å². The van der Waals surface area contributed by atoms with Crippen molar-refractivity contribution >= 4 is 5.97 Å². The van der Waals surface area contributed by atoms with Crippen LogP contribution in [0.25, 0.3) is 0 Å². The molecule has 82 valence electrons. The fourth-order valence-electron chi connectivity index (χ4n) is 1.44. The molecule has 0 aromatic heterocycles. The van der Waals surface area contributed by atoms with Crippen molar-refractivity contribution in [3.63, 3.8) is 0 Å². The summed E-state index contributed by atoms with van der Waals surface area (Å²) in [6.07, 6.45) is 0. The molecule has 1 atom stereocenters. The number of carboxylic acids is 1. The summed E-state index contributed by atoms with van der Waals surface area (Å²) in [6, 6.07) is 5.47. The highest BCUT2D eigenvalue weighted by Crippen LogP contribution is 2.21. The molecule has 1 rings (SSSR count). The third kappa shape index (κ3) is 2.33. The van der Waals surface area contributed by atoms with Gasteiger partial charge in [0.05, 0.1) is 0 Å². The minimum Gasteiger partial charge on any atom is -0.480 e. The molecule has 1 aromatic rings. The molecular formula is C11H14FNO2. The Morgan fingerprint density at radius 1 is 1.47 bits per heavy atom. The molecule has 0 saturated heterocycles. The molecule has 15 heavy (non-hydrogen) atoms. The van der Waals surface area contributed by atoms with E-state index >= 15 is 0 Å². The number of hydrogen-bond donors (Lipinski definition) is 2. The van der Waals surface area contributed by atoms with E-state index in [1.54, 1.807) is 6.92 Å². The first-order chi connectivity index (χ1) is 7.00. The lowest BCUT2D eigenvalue weighted by atomic mass is 9.92. The van der Waals surface area contributed by atoms with Gasteiger partial charge in [-0.3, -0.25) is 5.32 Å². The summed E-state index contributed by atoms with van der Waals surface area (Å²) in [7, 11) is 0. The van der Waals surface area contributed by atoms with Gasteiger partial charge in [0.15, 0.2) is 0 Å². The van der Waals surface area contributed by atoms with E-state index in [9.17, 15) is 9.18 Å². The minimum atomic E-state index is -1.16. The molecule has 0 bridgehead atoms. The Kier molecular flexibility index (Phi) is 3.42. The van der Waals surface area contributed by atoms with Crippen molar-refractivity contribution < 1.29 is 14.3 Å². The molecule has 0 aliphatic heterocycles. The van der Waals surface area contributed by atoms with Crippen LogP contribution in [0.2, 0.25) is 0 Å². The summed E-state index contributed by atoms with van der Waals surface area (Å²) in [5.41, 5.74) is -0.624. The number of rotatable bonds is 4. The molecule has 0 saturated carbocycles. The molecule has 0 heterocycles. The van der Waals surface area contributed by atoms with Crippen molar-refractivity contribution in [3.8, 4) is 0 Å². The number of halogens is 1. The summed E-state index contributed by atoms with van der Waals surface area (Å²) in [4.78, 5) is 11.1. The van der Waals surface area contributed by atoms with E-state index in [1.165, 1.54) is 24.3 Å². The Balaban J connectivity index is 3.09. The zero-order valence-electron chi connectivity index (χ0n) is 8.75. The molecule has 4 heteroatoms. The van der Waals surface area contributed by atoms with Gasteiger partial charge in [-0.2, -0.15) is 0 Å². The highest BCUT2D eigenvalue weighted by Gasteiger charge is 2.33. The molecule has 0 fully saturated rings. The summed E-state index contributed by atoms with van der Waals surface area (Å²) in [5, 5.41) is 12.0. The molecule has 1 unspecified atom stereocenters. The lowest BCUT2D eigenvalue weighted by Gasteiger charge is -2.26. The fourth-order valence-corrected chi connectivity index (χ4v) is 1.44. The molecule has 0 aliphatic rings. The SMILES string of the molecule is CCNC(C)(C(=O)O)c1ccc(F)cc1. The molecule has 2 N–H and O–H groups in total. The first-order valence-corrected chi connectivity index (χ1v) is 4.75. The van der Waals surface area contributed by atoms with Crippen molar-refractivity contribution in [2.75, 3.05) is 6.54 Å². The average molecular weight is 211 g/mol. The van der Waals surface area contributed by atoms with Crippen molar-refractivity contribution in [1.29, 1.82) is 0 Å². The van der Waals surface area contributed by atoms with Gasteiger partial charge in [0, 0.05) is 0 Å². The van der Waals surface area contributed by atoms with Gasteiger partial charge in [-0.25, -0.2) is 9.18 Å². The molecule has 0 aliphatic carbocycles. The van der Waals surface area contributed by atoms with Crippen LogP contribution in [0.1, 0.15) is 19.4 Å². The summed E-state index contributed by atoms with van der Waals surface area (Å²) in [6.45, 7) is 3.91. The van der Waals surface area contributed by atoms with Gasteiger partial charge in [-0.15, -0.1) is 0 Å². The predicted octanol–water partition coefficient (Wildman–Crippen LogP) is 1.73. The predicted molar refractivity (Wildman–Crippen MR) is 55.1 cm³/mol. The number of carboxylic acid groups (broad SMARTS) is 1. The van der Waals surface area contributed by atoms with Gasteiger partial charge in [0.1, 0.15) is 11.4 Å². The Bertz CT molecular complexity index is 350. The van der Waals surface area contributed by atoms with Crippen LogP contribution in [-0.4, -0.2) is 17.6 Å². The Hall–Kier alpha value is -1.42. The number of aliphatic carboxylic acids is 1. The van der Waals surface area contributed by atoms with E-state index in [0.717, 1.165) is 0 Å². The van der Waals surface area contributed by atoms with Crippen LogP contribution in [0, 0.1) is 5.82 Å². The first kappa shape index (κ1) is 11.7. The number of nitrogens with one attached hydrogen (secondary N) is 1. The van der Waals surface area contributed by atoms with Crippen molar-refractivity contribution in [3.05, 3.63) is 35.6 Å². The number of carbonyl (C=O) groups is 1. The van der Waals surface area contributed by atoms with E-state index in [4.69, 9.17) is 5.11 Å². The van der Waals surface area contributed by atoms with Crippen LogP contribution in [0.4, 0.5) is 4.39 Å². The van der Waals surface area contributed by atoms with Gasteiger partial charge in [-0.1, -0.05) is 19.1 Å². The molecule has 1 aromatic carbocycles. The van der Waals surface area contributed by atoms with Gasteiger partial charge in [-0.05, 0) is 31.2 Å². The van der Waals surface area contributed by atoms with Crippen LogP contribution in [-0.2, 0) is 10.3 Å². The van der Waals surface area contributed by atoms with Gasteiger partial charge >= 0.3 is 5.97 Å². The van der Waals surface area contributed by atoms with E-state index in [2.05, 4.69) is 5.32 Å². The van der Waals surface area contributed by atoms with E-state index in [-0.39, 0.29) is 5.82 Å². The lowest BCUT2D eigenvalue weighted by Crippen LogP contribution is -2.46. The monoisotopic (exact) mass is 211 g/mol. The van der Waals surface area contributed by atoms with Crippen molar-refractivity contribution in [2.24, 2.45) is 0 Å².